The van der Waals surface area contributed by atoms with Crippen molar-refractivity contribution in [2.75, 3.05) is 11.9 Å². The van der Waals surface area contributed by atoms with Crippen molar-refractivity contribution in [2.45, 2.75) is 13.3 Å². The highest BCUT2D eigenvalue weighted by atomic mass is 32.1. The molecule has 1 aromatic carbocycles. The molecule has 0 bridgehead atoms. The Morgan fingerprint density at radius 3 is 2.42 bits per heavy atom. The van der Waals surface area contributed by atoms with E-state index in [1.807, 2.05) is 11.9 Å². The van der Waals surface area contributed by atoms with Crippen LogP contribution >= 0.6 is 12.2 Å². The zero-order chi connectivity index (χ0) is 13.8. The van der Waals surface area contributed by atoms with Crippen molar-refractivity contribution in [1.82, 2.24) is 9.97 Å². The number of hydrogen-bond acceptors (Lipinski definition) is 4. The molecule has 2 N–H and O–H groups in total. The molecule has 2 rings (SSSR count). The van der Waals surface area contributed by atoms with Crippen molar-refractivity contribution in [3.63, 3.8) is 0 Å². The summed E-state index contributed by atoms with van der Waals surface area (Å²) in [6.45, 7) is 2.13. The van der Waals surface area contributed by atoms with Gasteiger partial charge >= 0.3 is 0 Å². The quantitative estimate of drug-likeness (QED) is 0.866. The molecule has 1 aromatic heterocycles. The normalized spacial score (nSPS) is 10.2. The Kier molecular flexibility index (Phi) is 4.06. The minimum atomic E-state index is 0.250. The molecule has 5 heteroatoms. The molecule has 98 valence electrons. The van der Waals surface area contributed by atoms with Crippen LogP contribution in [0.1, 0.15) is 18.2 Å². The van der Waals surface area contributed by atoms with E-state index in [9.17, 15) is 0 Å². The van der Waals surface area contributed by atoms with Gasteiger partial charge in [-0.05, 0) is 24.1 Å². The van der Waals surface area contributed by atoms with Gasteiger partial charge in [0.2, 0.25) is 0 Å². The zero-order valence-electron chi connectivity index (χ0n) is 11.0. The second kappa shape index (κ2) is 5.75. The predicted octanol–water partition coefficient (Wildman–Crippen LogP) is 2.44. The van der Waals surface area contributed by atoms with E-state index < -0.39 is 0 Å². The first-order valence-corrected chi connectivity index (χ1v) is 6.47. The Morgan fingerprint density at radius 2 is 1.84 bits per heavy atom. The van der Waals surface area contributed by atoms with Gasteiger partial charge in [0.15, 0.2) is 5.82 Å². The molecule has 0 aliphatic rings. The molecule has 0 unspecified atom stereocenters. The first-order valence-electron chi connectivity index (χ1n) is 6.07. The molecule has 0 saturated heterocycles. The van der Waals surface area contributed by atoms with E-state index in [-0.39, 0.29) is 4.99 Å². The Balaban J connectivity index is 2.37. The second-order valence-electron chi connectivity index (χ2n) is 4.17. The number of hydrogen-bond donors (Lipinski definition) is 1. The van der Waals surface area contributed by atoms with Crippen molar-refractivity contribution in [3.05, 3.63) is 47.9 Å². The fraction of sp³-hybridized carbons (Fsp3) is 0.214. The van der Waals surface area contributed by atoms with Crippen LogP contribution in [0.5, 0.6) is 0 Å². The number of nitrogens with two attached hydrogens (primary N) is 1. The zero-order valence-corrected chi connectivity index (χ0v) is 11.8. The lowest BCUT2D eigenvalue weighted by Gasteiger charge is -2.20. The minimum Gasteiger partial charge on any atom is -0.388 e. The molecular weight excluding hydrogens is 256 g/mol. The van der Waals surface area contributed by atoms with Gasteiger partial charge in [0.1, 0.15) is 10.7 Å². The van der Waals surface area contributed by atoms with Gasteiger partial charge in [-0.25, -0.2) is 9.97 Å². The number of anilines is 2. The van der Waals surface area contributed by atoms with Crippen LogP contribution in [0.15, 0.2) is 36.7 Å². The minimum absolute atomic E-state index is 0.250. The molecular formula is C14H16N4S. The number of nitrogens with zero attached hydrogens (tertiary/aromatic N) is 3. The van der Waals surface area contributed by atoms with E-state index >= 15 is 0 Å². The molecule has 0 fully saturated rings. The van der Waals surface area contributed by atoms with Crippen LogP contribution in [0.3, 0.4) is 0 Å². The van der Waals surface area contributed by atoms with E-state index in [2.05, 4.69) is 41.2 Å². The maximum atomic E-state index is 5.68. The first-order chi connectivity index (χ1) is 9.13. The highest BCUT2D eigenvalue weighted by Crippen LogP contribution is 2.24. The third kappa shape index (κ3) is 2.88. The summed E-state index contributed by atoms with van der Waals surface area (Å²) in [6, 6.07) is 8.30. The number of rotatable bonds is 4. The molecule has 0 atom stereocenters. The highest BCUT2D eigenvalue weighted by Gasteiger charge is 2.13. The van der Waals surface area contributed by atoms with Crippen molar-refractivity contribution in [1.29, 1.82) is 0 Å². The van der Waals surface area contributed by atoms with Gasteiger partial charge in [-0.15, -0.1) is 0 Å². The number of thiocarbonyl (C=S) groups is 1. The fourth-order valence-corrected chi connectivity index (χ4v) is 1.97. The summed E-state index contributed by atoms with van der Waals surface area (Å²) in [4.78, 5) is 10.7. The van der Waals surface area contributed by atoms with Crippen LogP contribution in [-0.4, -0.2) is 22.0 Å². The molecule has 19 heavy (non-hydrogen) atoms. The predicted molar refractivity (Wildman–Crippen MR) is 81.8 cm³/mol. The Labute approximate surface area is 118 Å². The molecule has 0 aliphatic carbocycles. The van der Waals surface area contributed by atoms with E-state index in [4.69, 9.17) is 18.0 Å². The Hall–Kier alpha value is -2.01. The first kappa shape index (κ1) is 13.4. The monoisotopic (exact) mass is 272 g/mol. The lowest BCUT2D eigenvalue weighted by molar-refractivity contribution is 1.07. The SMILES string of the molecule is CCc1ccc(N(C)c2nccnc2C(N)=S)cc1. The number of benzene rings is 1. The van der Waals surface area contributed by atoms with Crippen LogP contribution in [0.2, 0.25) is 0 Å². The third-order valence-corrected chi connectivity index (χ3v) is 3.16. The largest absolute Gasteiger partial charge is 0.388 e. The van der Waals surface area contributed by atoms with Crippen LogP contribution < -0.4 is 10.6 Å². The second-order valence-corrected chi connectivity index (χ2v) is 4.61. The molecule has 0 aliphatic heterocycles. The number of aryl methyl sites for hydroxylation is 1. The lowest BCUT2D eigenvalue weighted by atomic mass is 10.1. The average Bonchev–Trinajstić information content (AvgIpc) is 2.46. The summed E-state index contributed by atoms with van der Waals surface area (Å²) in [5.74, 6) is 0.666. The van der Waals surface area contributed by atoms with E-state index in [1.165, 1.54) is 5.56 Å². The van der Waals surface area contributed by atoms with Crippen molar-refractivity contribution >= 4 is 28.7 Å². The summed E-state index contributed by atoms with van der Waals surface area (Å²) in [6.07, 6.45) is 4.24. The van der Waals surface area contributed by atoms with E-state index in [0.717, 1.165) is 12.1 Å². The van der Waals surface area contributed by atoms with Gasteiger partial charge in [0.05, 0.1) is 0 Å². The van der Waals surface area contributed by atoms with Crippen molar-refractivity contribution < 1.29 is 0 Å². The molecule has 0 saturated carbocycles. The van der Waals surface area contributed by atoms with Crippen LogP contribution in [0.4, 0.5) is 11.5 Å². The van der Waals surface area contributed by atoms with Crippen LogP contribution in [-0.2, 0) is 6.42 Å². The topological polar surface area (TPSA) is 55.0 Å². The molecule has 0 radical (unpaired) electrons. The molecule has 2 aromatic rings. The number of aromatic nitrogens is 2. The summed E-state index contributed by atoms with van der Waals surface area (Å²) >= 11 is 5.01. The summed E-state index contributed by atoms with van der Waals surface area (Å²) in [7, 11) is 1.92. The lowest BCUT2D eigenvalue weighted by Crippen LogP contribution is -2.20. The van der Waals surface area contributed by atoms with Crippen LogP contribution in [0, 0.1) is 0 Å². The van der Waals surface area contributed by atoms with Crippen molar-refractivity contribution in [3.8, 4) is 0 Å². The van der Waals surface area contributed by atoms with Gasteiger partial charge in [-0.3, -0.25) is 0 Å². The molecule has 0 amide bonds. The summed E-state index contributed by atoms with van der Waals surface area (Å²) in [5, 5.41) is 0. The maximum Gasteiger partial charge on any atom is 0.161 e. The van der Waals surface area contributed by atoms with Gasteiger partial charge in [0, 0.05) is 25.1 Å². The Bertz CT molecular complexity index is 580. The highest BCUT2D eigenvalue weighted by molar-refractivity contribution is 7.80. The van der Waals surface area contributed by atoms with Crippen LogP contribution in [0.25, 0.3) is 0 Å². The van der Waals surface area contributed by atoms with E-state index in [0.29, 0.717) is 11.5 Å². The molecule has 0 spiro atoms. The summed E-state index contributed by atoms with van der Waals surface area (Å²) in [5.41, 5.74) is 8.54. The van der Waals surface area contributed by atoms with E-state index in [1.54, 1.807) is 12.4 Å². The third-order valence-electron chi connectivity index (χ3n) is 2.96. The van der Waals surface area contributed by atoms with Gasteiger partial charge in [0.25, 0.3) is 0 Å². The fourth-order valence-electron chi connectivity index (χ4n) is 1.83. The van der Waals surface area contributed by atoms with Gasteiger partial charge < -0.3 is 10.6 Å². The smallest absolute Gasteiger partial charge is 0.161 e. The summed E-state index contributed by atoms with van der Waals surface area (Å²) < 4.78 is 0. The average molecular weight is 272 g/mol. The molecule has 4 nitrogen and oxygen atoms in total. The van der Waals surface area contributed by atoms with Gasteiger partial charge in [-0.2, -0.15) is 0 Å². The van der Waals surface area contributed by atoms with Crippen molar-refractivity contribution in [2.24, 2.45) is 5.73 Å². The standard InChI is InChI=1S/C14H16N4S/c1-3-10-4-6-11(7-5-10)18(2)14-12(13(15)19)16-8-9-17-14/h4-9H,3H2,1-2H3,(H2,15,19). The van der Waals surface area contributed by atoms with Gasteiger partial charge in [-0.1, -0.05) is 31.3 Å². The Morgan fingerprint density at radius 1 is 1.21 bits per heavy atom. The molecule has 1 heterocycles. The maximum absolute atomic E-state index is 5.68.